The third kappa shape index (κ3) is 8.70. The highest BCUT2D eigenvalue weighted by atomic mass is 33.1. The lowest BCUT2D eigenvalue weighted by atomic mass is 10.3. The summed E-state index contributed by atoms with van der Waals surface area (Å²) in [4.78, 5) is 0. The van der Waals surface area contributed by atoms with Crippen LogP contribution in [-0.4, -0.2) is 11.5 Å². The Morgan fingerprint density at radius 2 is 1.90 bits per heavy atom. The molecule has 0 aliphatic rings. The number of hydrogen-bond acceptors (Lipinski definition) is 2. The van der Waals surface area contributed by atoms with Crippen LogP contribution in [0.15, 0.2) is 0 Å². The lowest BCUT2D eigenvalue weighted by molar-refractivity contribution is 0.752. The minimum atomic E-state index is 0.846. The molecule has 0 aromatic carbocycles. The molecule has 0 aromatic heterocycles. The largest absolute Gasteiger partial charge is 0.0942 e. The van der Waals surface area contributed by atoms with Gasteiger partial charge >= 0.3 is 0 Å². The smallest absolute Gasteiger partial charge is 0.00600 e. The molecule has 10 heavy (non-hydrogen) atoms. The monoisotopic (exact) mass is 178 g/mol. The van der Waals surface area contributed by atoms with Gasteiger partial charge in [0.1, 0.15) is 0 Å². The van der Waals surface area contributed by atoms with Gasteiger partial charge in [0.15, 0.2) is 0 Å². The van der Waals surface area contributed by atoms with Crippen LogP contribution in [0.2, 0.25) is 0 Å². The summed E-state index contributed by atoms with van der Waals surface area (Å²) in [6.07, 6.45) is 2.70. The standard InChI is InChI=1S/C8H18S2/c1-4-5-6-9-10-7-8(2)3/h8H,4-7H2,1-3H3. The minimum Gasteiger partial charge on any atom is -0.0942 e. The molecule has 0 spiro atoms. The van der Waals surface area contributed by atoms with Crippen LogP contribution in [0.5, 0.6) is 0 Å². The van der Waals surface area contributed by atoms with E-state index in [0.29, 0.717) is 0 Å². The summed E-state index contributed by atoms with van der Waals surface area (Å²) in [7, 11) is 4.04. The van der Waals surface area contributed by atoms with Gasteiger partial charge in [-0.2, -0.15) is 0 Å². The van der Waals surface area contributed by atoms with E-state index in [1.54, 1.807) is 0 Å². The van der Waals surface area contributed by atoms with E-state index >= 15 is 0 Å². The summed E-state index contributed by atoms with van der Waals surface area (Å²) < 4.78 is 0. The van der Waals surface area contributed by atoms with Crippen molar-refractivity contribution in [2.24, 2.45) is 5.92 Å². The van der Waals surface area contributed by atoms with Gasteiger partial charge in [-0.05, 0) is 12.3 Å². The third-order valence-corrected chi connectivity index (χ3v) is 3.90. The zero-order valence-corrected chi connectivity index (χ0v) is 8.86. The fourth-order valence-corrected chi connectivity index (χ4v) is 3.15. The van der Waals surface area contributed by atoms with Crippen molar-refractivity contribution in [3.8, 4) is 0 Å². The van der Waals surface area contributed by atoms with E-state index in [4.69, 9.17) is 0 Å². The van der Waals surface area contributed by atoms with Crippen LogP contribution in [0.25, 0.3) is 0 Å². The molecule has 0 aliphatic heterocycles. The first kappa shape index (κ1) is 10.7. The van der Waals surface area contributed by atoms with Gasteiger partial charge in [0.05, 0.1) is 0 Å². The second-order valence-corrected chi connectivity index (χ2v) is 5.48. The third-order valence-electron chi connectivity index (χ3n) is 1.07. The maximum atomic E-state index is 2.27. The van der Waals surface area contributed by atoms with Crippen molar-refractivity contribution >= 4 is 21.6 Å². The molecule has 0 unspecified atom stereocenters. The van der Waals surface area contributed by atoms with Gasteiger partial charge < -0.3 is 0 Å². The lowest BCUT2D eigenvalue weighted by Crippen LogP contribution is -1.87. The van der Waals surface area contributed by atoms with Gasteiger partial charge in [0.25, 0.3) is 0 Å². The predicted octanol–water partition coefficient (Wildman–Crippen LogP) is 3.82. The van der Waals surface area contributed by atoms with Crippen LogP contribution >= 0.6 is 21.6 Å². The molecule has 0 amide bonds. The first-order valence-electron chi connectivity index (χ1n) is 4.01. The second-order valence-electron chi connectivity index (χ2n) is 2.85. The molecule has 0 nitrogen and oxygen atoms in total. The lowest BCUT2D eigenvalue weighted by Gasteiger charge is -2.01. The van der Waals surface area contributed by atoms with Crippen molar-refractivity contribution in [3.63, 3.8) is 0 Å². The molecule has 0 fully saturated rings. The Hall–Kier alpha value is 0.700. The molecule has 0 saturated heterocycles. The van der Waals surface area contributed by atoms with Gasteiger partial charge in [-0.1, -0.05) is 48.8 Å². The Morgan fingerprint density at radius 1 is 1.20 bits per heavy atom. The van der Waals surface area contributed by atoms with Crippen LogP contribution in [0.3, 0.4) is 0 Å². The Kier molecular flexibility index (Phi) is 8.35. The molecule has 0 bridgehead atoms. The van der Waals surface area contributed by atoms with E-state index in [1.165, 1.54) is 24.3 Å². The summed E-state index contributed by atoms with van der Waals surface area (Å²) in [6.45, 7) is 6.79. The normalized spacial score (nSPS) is 10.8. The maximum Gasteiger partial charge on any atom is 0.00600 e. The van der Waals surface area contributed by atoms with Gasteiger partial charge in [0, 0.05) is 11.5 Å². The minimum absolute atomic E-state index is 0.846. The predicted molar refractivity (Wildman–Crippen MR) is 54.7 cm³/mol. The molecule has 0 aromatic rings. The molecular formula is C8H18S2. The molecule has 0 aliphatic carbocycles. The zero-order chi connectivity index (χ0) is 7.82. The summed E-state index contributed by atoms with van der Waals surface area (Å²) in [5.41, 5.74) is 0. The molecule has 0 rings (SSSR count). The SMILES string of the molecule is CCCCSSCC(C)C. The first-order valence-corrected chi connectivity index (χ1v) is 6.50. The van der Waals surface area contributed by atoms with Crippen LogP contribution in [0.1, 0.15) is 33.6 Å². The second kappa shape index (κ2) is 7.80. The fourth-order valence-electron chi connectivity index (χ4n) is 0.446. The molecular weight excluding hydrogens is 160 g/mol. The van der Waals surface area contributed by atoms with E-state index in [2.05, 4.69) is 20.8 Å². The average Bonchev–Trinajstić information content (AvgIpc) is 1.87. The fraction of sp³-hybridized carbons (Fsp3) is 1.00. The number of unbranched alkanes of at least 4 members (excludes halogenated alkanes) is 1. The molecule has 62 valence electrons. The molecule has 0 heterocycles. The van der Waals surface area contributed by atoms with Gasteiger partial charge in [-0.25, -0.2) is 0 Å². The van der Waals surface area contributed by atoms with Crippen molar-refractivity contribution in [1.29, 1.82) is 0 Å². The number of hydrogen-bond donors (Lipinski definition) is 0. The van der Waals surface area contributed by atoms with Crippen LogP contribution in [0.4, 0.5) is 0 Å². The highest BCUT2D eigenvalue weighted by molar-refractivity contribution is 8.76. The highest BCUT2D eigenvalue weighted by Gasteiger charge is 1.93. The van der Waals surface area contributed by atoms with E-state index in [0.717, 1.165) is 5.92 Å². The quantitative estimate of drug-likeness (QED) is 0.448. The maximum absolute atomic E-state index is 2.27. The van der Waals surface area contributed by atoms with Crippen molar-refractivity contribution in [1.82, 2.24) is 0 Å². The van der Waals surface area contributed by atoms with Crippen molar-refractivity contribution in [2.45, 2.75) is 33.6 Å². The zero-order valence-electron chi connectivity index (χ0n) is 7.22. The molecule has 0 radical (unpaired) electrons. The Balaban J connectivity index is 2.77. The van der Waals surface area contributed by atoms with Gasteiger partial charge in [-0.3, -0.25) is 0 Å². The Morgan fingerprint density at radius 3 is 2.40 bits per heavy atom. The first-order chi connectivity index (χ1) is 4.77. The summed E-state index contributed by atoms with van der Waals surface area (Å²) >= 11 is 0. The topological polar surface area (TPSA) is 0 Å². The highest BCUT2D eigenvalue weighted by Crippen LogP contribution is 2.24. The average molecular weight is 178 g/mol. The van der Waals surface area contributed by atoms with E-state index in [9.17, 15) is 0 Å². The summed E-state index contributed by atoms with van der Waals surface area (Å²) in [6, 6.07) is 0. The molecule has 0 N–H and O–H groups in total. The van der Waals surface area contributed by atoms with Crippen LogP contribution < -0.4 is 0 Å². The van der Waals surface area contributed by atoms with E-state index in [1.807, 2.05) is 21.6 Å². The van der Waals surface area contributed by atoms with E-state index in [-0.39, 0.29) is 0 Å². The van der Waals surface area contributed by atoms with Crippen LogP contribution in [-0.2, 0) is 0 Å². The Bertz CT molecular complexity index is 62.3. The van der Waals surface area contributed by atoms with Crippen molar-refractivity contribution in [3.05, 3.63) is 0 Å². The summed E-state index contributed by atoms with van der Waals surface area (Å²) in [5.74, 6) is 3.47. The Labute approximate surface area is 72.9 Å². The van der Waals surface area contributed by atoms with Crippen molar-refractivity contribution < 1.29 is 0 Å². The van der Waals surface area contributed by atoms with Crippen molar-refractivity contribution in [2.75, 3.05) is 11.5 Å². The van der Waals surface area contributed by atoms with Gasteiger partial charge in [-0.15, -0.1) is 0 Å². The molecule has 2 heteroatoms. The van der Waals surface area contributed by atoms with Gasteiger partial charge in [0.2, 0.25) is 0 Å². The molecule has 0 saturated carbocycles. The summed E-state index contributed by atoms with van der Waals surface area (Å²) in [5, 5.41) is 0. The van der Waals surface area contributed by atoms with Crippen LogP contribution in [0, 0.1) is 5.92 Å². The number of rotatable bonds is 6. The molecule has 0 atom stereocenters. The van der Waals surface area contributed by atoms with E-state index < -0.39 is 0 Å².